The van der Waals surface area contributed by atoms with E-state index in [2.05, 4.69) is 10.5 Å². The molecule has 0 fully saturated rings. The number of benzene rings is 1. The van der Waals surface area contributed by atoms with E-state index in [4.69, 9.17) is 9.63 Å². The lowest BCUT2D eigenvalue weighted by Gasteiger charge is -2.07. The fourth-order valence-electron chi connectivity index (χ4n) is 1.73. The van der Waals surface area contributed by atoms with Gasteiger partial charge in [0.15, 0.2) is 0 Å². The summed E-state index contributed by atoms with van der Waals surface area (Å²) >= 11 is 0. The quantitative estimate of drug-likeness (QED) is 0.888. The number of nitrogens with zero attached hydrogens (tertiary/aromatic N) is 1. The zero-order valence-corrected chi connectivity index (χ0v) is 10.5. The SMILES string of the molecule is Cc1noc(C)c1CNc1ccc(C(=O)O)cc1F. The van der Waals surface area contributed by atoms with Crippen LogP contribution in [-0.4, -0.2) is 16.2 Å². The van der Waals surface area contributed by atoms with Gasteiger partial charge in [0.25, 0.3) is 0 Å². The number of carboxylic acids is 1. The number of nitrogens with one attached hydrogen (secondary N) is 1. The van der Waals surface area contributed by atoms with Crippen LogP contribution in [0.25, 0.3) is 0 Å². The highest BCUT2D eigenvalue weighted by Crippen LogP contribution is 2.19. The molecule has 0 bridgehead atoms. The van der Waals surface area contributed by atoms with Crippen molar-refractivity contribution in [3.05, 3.63) is 46.6 Å². The largest absolute Gasteiger partial charge is 0.478 e. The molecule has 6 heteroatoms. The van der Waals surface area contributed by atoms with E-state index in [-0.39, 0.29) is 11.3 Å². The summed E-state index contributed by atoms with van der Waals surface area (Å²) in [7, 11) is 0. The Balaban J connectivity index is 2.14. The van der Waals surface area contributed by atoms with Crippen molar-refractivity contribution in [3.8, 4) is 0 Å². The molecule has 0 aliphatic carbocycles. The summed E-state index contributed by atoms with van der Waals surface area (Å²) in [6.07, 6.45) is 0. The zero-order valence-electron chi connectivity index (χ0n) is 10.5. The Hall–Kier alpha value is -2.37. The van der Waals surface area contributed by atoms with Crippen LogP contribution in [0.15, 0.2) is 22.7 Å². The summed E-state index contributed by atoms with van der Waals surface area (Å²) in [5.41, 5.74) is 1.76. The molecule has 5 nitrogen and oxygen atoms in total. The van der Waals surface area contributed by atoms with E-state index in [1.165, 1.54) is 12.1 Å². The van der Waals surface area contributed by atoms with Gasteiger partial charge in [-0.25, -0.2) is 9.18 Å². The number of aromatic nitrogens is 1. The Kier molecular flexibility index (Phi) is 3.50. The Morgan fingerprint density at radius 3 is 2.74 bits per heavy atom. The van der Waals surface area contributed by atoms with Gasteiger partial charge in [0, 0.05) is 12.1 Å². The fourth-order valence-corrected chi connectivity index (χ4v) is 1.73. The van der Waals surface area contributed by atoms with Gasteiger partial charge in [0.2, 0.25) is 0 Å². The van der Waals surface area contributed by atoms with Crippen molar-refractivity contribution in [2.45, 2.75) is 20.4 Å². The minimum Gasteiger partial charge on any atom is -0.478 e. The number of aryl methyl sites for hydroxylation is 2. The van der Waals surface area contributed by atoms with Gasteiger partial charge in [-0.2, -0.15) is 0 Å². The van der Waals surface area contributed by atoms with Gasteiger partial charge in [0.05, 0.1) is 16.9 Å². The van der Waals surface area contributed by atoms with E-state index in [1.807, 2.05) is 0 Å². The molecular weight excluding hydrogens is 251 g/mol. The number of carboxylic acid groups (broad SMARTS) is 1. The highest BCUT2D eigenvalue weighted by atomic mass is 19.1. The van der Waals surface area contributed by atoms with Crippen LogP contribution in [0.2, 0.25) is 0 Å². The first-order valence-electron chi connectivity index (χ1n) is 5.67. The average Bonchev–Trinajstić information content (AvgIpc) is 2.68. The first kappa shape index (κ1) is 13.1. The number of anilines is 1. The molecule has 0 amide bonds. The van der Waals surface area contributed by atoms with Crippen LogP contribution >= 0.6 is 0 Å². The summed E-state index contributed by atoms with van der Waals surface area (Å²) in [5, 5.41) is 15.4. The van der Waals surface area contributed by atoms with Gasteiger partial charge >= 0.3 is 5.97 Å². The molecule has 1 heterocycles. The van der Waals surface area contributed by atoms with Crippen LogP contribution in [0.1, 0.15) is 27.4 Å². The first-order valence-corrected chi connectivity index (χ1v) is 5.67. The molecule has 0 atom stereocenters. The molecule has 1 aromatic heterocycles. The maximum absolute atomic E-state index is 13.7. The molecule has 2 rings (SSSR count). The number of hydrogen-bond acceptors (Lipinski definition) is 4. The summed E-state index contributed by atoms with van der Waals surface area (Å²) in [6, 6.07) is 3.73. The monoisotopic (exact) mass is 264 g/mol. The normalized spacial score (nSPS) is 10.5. The van der Waals surface area contributed by atoms with Gasteiger partial charge in [0.1, 0.15) is 11.6 Å². The second-order valence-electron chi connectivity index (χ2n) is 4.16. The lowest BCUT2D eigenvalue weighted by molar-refractivity contribution is 0.0696. The van der Waals surface area contributed by atoms with Gasteiger partial charge in [-0.1, -0.05) is 5.16 Å². The summed E-state index contributed by atoms with van der Waals surface area (Å²) in [6.45, 7) is 3.95. The third-order valence-corrected chi connectivity index (χ3v) is 2.85. The Bertz CT molecular complexity index is 603. The van der Waals surface area contributed by atoms with E-state index in [0.717, 1.165) is 17.3 Å². The smallest absolute Gasteiger partial charge is 0.335 e. The molecule has 19 heavy (non-hydrogen) atoms. The highest BCUT2D eigenvalue weighted by Gasteiger charge is 2.11. The molecule has 0 saturated heterocycles. The summed E-state index contributed by atoms with van der Waals surface area (Å²) in [4.78, 5) is 10.7. The lowest BCUT2D eigenvalue weighted by atomic mass is 10.1. The topological polar surface area (TPSA) is 75.4 Å². The fraction of sp³-hybridized carbons (Fsp3) is 0.231. The minimum absolute atomic E-state index is 0.0830. The molecule has 1 aromatic carbocycles. The number of rotatable bonds is 4. The molecule has 2 N–H and O–H groups in total. The van der Waals surface area contributed by atoms with Gasteiger partial charge in [-0.15, -0.1) is 0 Å². The van der Waals surface area contributed by atoms with Crippen LogP contribution in [0.3, 0.4) is 0 Å². The van der Waals surface area contributed by atoms with Gasteiger partial charge in [-0.05, 0) is 32.0 Å². The van der Waals surface area contributed by atoms with Crippen molar-refractivity contribution >= 4 is 11.7 Å². The van der Waals surface area contributed by atoms with E-state index in [1.54, 1.807) is 13.8 Å². The third kappa shape index (κ3) is 2.73. The van der Waals surface area contributed by atoms with Crippen LogP contribution in [0, 0.1) is 19.7 Å². The van der Waals surface area contributed by atoms with Gasteiger partial charge in [-0.3, -0.25) is 0 Å². The molecule has 0 radical (unpaired) electrons. The van der Waals surface area contributed by atoms with E-state index in [9.17, 15) is 9.18 Å². The van der Waals surface area contributed by atoms with Crippen LogP contribution in [0.4, 0.5) is 10.1 Å². The van der Waals surface area contributed by atoms with Crippen molar-refractivity contribution in [2.24, 2.45) is 0 Å². The average molecular weight is 264 g/mol. The van der Waals surface area contributed by atoms with Crippen molar-refractivity contribution in [2.75, 3.05) is 5.32 Å². The number of halogens is 1. The molecule has 0 aliphatic heterocycles. The van der Waals surface area contributed by atoms with Crippen LogP contribution in [0.5, 0.6) is 0 Å². The van der Waals surface area contributed by atoms with E-state index >= 15 is 0 Å². The van der Waals surface area contributed by atoms with Crippen LogP contribution < -0.4 is 5.32 Å². The Labute approximate surface area is 109 Å². The minimum atomic E-state index is -1.16. The van der Waals surface area contributed by atoms with Crippen molar-refractivity contribution < 1.29 is 18.8 Å². The molecule has 2 aromatic rings. The lowest BCUT2D eigenvalue weighted by Crippen LogP contribution is -2.05. The van der Waals surface area contributed by atoms with Crippen LogP contribution in [-0.2, 0) is 6.54 Å². The zero-order chi connectivity index (χ0) is 14.0. The predicted octanol–water partition coefficient (Wildman–Crippen LogP) is 2.74. The van der Waals surface area contributed by atoms with Gasteiger partial charge < -0.3 is 14.9 Å². The highest BCUT2D eigenvalue weighted by molar-refractivity contribution is 5.88. The first-order chi connectivity index (χ1) is 8.99. The second kappa shape index (κ2) is 5.09. The molecule has 0 aliphatic rings. The maximum Gasteiger partial charge on any atom is 0.335 e. The molecule has 0 unspecified atom stereocenters. The predicted molar refractivity (Wildman–Crippen MR) is 66.7 cm³/mol. The Morgan fingerprint density at radius 2 is 2.21 bits per heavy atom. The number of aromatic carboxylic acids is 1. The maximum atomic E-state index is 13.7. The molecule has 0 spiro atoms. The standard InChI is InChI=1S/C13H13FN2O3/c1-7-10(8(2)19-16-7)6-15-12-4-3-9(13(17)18)5-11(12)14/h3-5,15H,6H2,1-2H3,(H,17,18). The van der Waals surface area contributed by atoms with Crippen molar-refractivity contribution in [1.82, 2.24) is 5.16 Å². The molecule has 100 valence electrons. The third-order valence-electron chi connectivity index (χ3n) is 2.85. The van der Waals surface area contributed by atoms with Crippen molar-refractivity contribution in [1.29, 1.82) is 0 Å². The van der Waals surface area contributed by atoms with E-state index < -0.39 is 11.8 Å². The summed E-state index contributed by atoms with van der Waals surface area (Å²) in [5.74, 6) is -1.09. The number of hydrogen-bond donors (Lipinski definition) is 2. The second-order valence-corrected chi connectivity index (χ2v) is 4.16. The molecule has 0 saturated carbocycles. The Morgan fingerprint density at radius 1 is 1.47 bits per heavy atom. The van der Waals surface area contributed by atoms with E-state index in [0.29, 0.717) is 12.3 Å². The van der Waals surface area contributed by atoms with Crippen molar-refractivity contribution in [3.63, 3.8) is 0 Å². The number of carbonyl (C=O) groups is 1. The molecular formula is C13H13FN2O3. The summed E-state index contributed by atoms with van der Waals surface area (Å²) < 4.78 is 18.7.